The van der Waals surface area contributed by atoms with Crippen LogP contribution in [0.5, 0.6) is 0 Å². The van der Waals surface area contributed by atoms with E-state index in [0.717, 1.165) is 11.0 Å². The first kappa shape index (κ1) is 23.3. The largest absolute Gasteiger partial charge is 0.400 e. The van der Waals surface area contributed by atoms with Gasteiger partial charge in [0.1, 0.15) is 5.52 Å². The maximum Gasteiger partial charge on any atom is 0.400 e. The van der Waals surface area contributed by atoms with Crippen molar-refractivity contribution in [3.63, 3.8) is 0 Å². The summed E-state index contributed by atoms with van der Waals surface area (Å²) in [5.41, 5.74) is 2.26. The van der Waals surface area contributed by atoms with E-state index in [2.05, 4.69) is 20.6 Å². The van der Waals surface area contributed by atoms with Crippen LogP contribution in [0.1, 0.15) is 6.42 Å². The summed E-state index contributed by atoms with van der Waals surface area (Å²) >= 11 is 2.65. The van der Waals surface area contributed by atoms with E-state index in [9.17, 15) is 31.1 Å². The van der Waals surface area contributed by atoms with E-state index in [0.29, 0.717) is 20.4 Å². The number of alkyl halides is 6. The average molecular weight is 505 g/mol. The Morgan fingerprint density at radius 2 is 1.79 bits per heavy atom. The van der Waals surface area contributed by atoms with Gasteiger partial charge in [-0.3, -0.25) is 4.79 Å². The summed E-state index contributed by atoms with van der Waals surface area (Å²) in [7, 11) is 0. The number of aromatic nitrogens is 4. The molecule has 0 bridgehead atoms. The number of rotatable bonds is 6. The van der Waals surface area contributed by atoms with Gasteiger partial charge >= 0.3 is 12.4 Å². The number of nitrogens with zero attached hydrogens (tertiary/aromatic N) is 4. The molecule has 0 radical (unpaired) electrons. The van der Waals surface area contributed by atoms with Crippen molar-refractivity contribution in [3.8, 4) is 0 Å². The summed E-state index contributed by atoms with van der Waals surface area (Å²) in [6, 6.07) is 11.8. The minimum atomic E-state index is -5.57. The van der Waals surface area contributed by atoms with Crippen LogP contribution >= 0.6 is 23.1 Å². The van der Waals surface area contributed by atoms with Crippen molar-refractivity contribution >= 4 is 55.9 Å². The molecule has 1 amide bonds. The second-order valence-electron chi connectivity index (χ2n) is 6.90. The topological polar surface area (TPSA) is 72.7 Å². The zero-order valence-corrected chi connectivity index (χ0v) is 17.9. The number of para-hydroxylation sites is 1. The monoisotopic (exact) mass is 505 g/mol. The van der Waals surface area contributed by atoms with Gasteiger partial charge in [0.15, 0.2) is 10.3 Å². The summed E-state index contributed by atoms with van der Waals surface area (Å²) in [6.45, 7) is 0. The summed E-state index contributed by atoms with van der Waals surface area (Å²) < 4.78 is 79.0. The molecular formula is C19H13F6N5OS2. The highest BCUT2D eigenvalue weighted by Crippen LogP contribution is 2.41. The zero-order valence-electron chi connectivity index (χ0n) is 16.3. The third-order valence-electron chi connectivity index (χ3n) is 4.56. The molecule has 174 valence electrons. The minimum Gasteiger partial charge on any atom is -0.326 e. The molecule has 0 spiro atoms. The van der Waals surface area contributed by atoms with E-state index in [1.165, 1.54) is 41.3 Å². The predicted octanol–water partition coefficient (Wildman–Crippen LogP) is 5.86. The van der Waals surface area contributed by atoms with E-state index >= 15 is 0 Å². The smallest absolute Gasteiger partial charge is 0.326 e. The van der Waals surface area contributed by atoms with Crippen molar-refractivity contribution in [1.82, 2.24) is 20.0 Å². The van der Waals surface area contributed by atoms with Crippen LogP contribution in [0.25, 0.3) is 21.3 Å². The van der Waals surface area contributed by atoms with Crippen LogP contribution in [0, 0.1) is 5.92 Å². The van der Waals surface area contributed by atoms with Gasteiger partial charge in [0.25, 0.3) is 0 Å². The number of hydrogen-bond acceptors (Lipinski definition) is 6. The molecule has 6 nitrogen and oxygen atoms in total. The van der Waals surface area contributed by atoms with Crippen molar-refractivity contribution in [1.29, 1.82) is 0 Å². The fourth-order valence-corrected chi connectivity index (χ4v) is 4.97. The van der Waals surface area contributed by atoms with Crippen LogP contribution in [0.3, 0.4) is 0 Å². The maximum absolute atomic E-state index is 12.7. The van der Waals surface area contributed by atoms with Crippen LogP contribution in [0.4, 0.5) is 32.0 Å². The molecule has 0 fully saturated rings. The molecule has 4 aromatic rings. The highest BCUT2D eigenvalue weighted by Gasteiger charge is 2.57. The molecule has 14 heteroatoms. The van der Waals surface area contributed by atoms with E-state index in [4.69, 9.17) is 0 Å². The lowest BCUT2D eigenvalue weighted by Crippen LogP contribution is -2.39. The van der Waals surface area contributed by atoms with Crippen molar-refractivity contribution in [2.45, 2.75) is 29.0 Å². The SMILES string of the molecule is O=C(CC(C(F)(F)F)C(F)(F)F)Nc1ccc2nc(SCn3nnc4ccccc43)sc2c1. The molecule has 0 unspecified atom stereocenters. The molecule has 2 aromatic heterocycles. The first-order chi connectivity index (χ1) is 15.5. The third kappa shape index (κ3) is 5.38. The second-order valence-corrected chi connectivity index (χ2v) is 9.12. The Hall–Kier alpha value is -2.87. The first-order valence-electron chi connectivity index (χ1n) is 9.25. The zero-order chi connectivity index (χ0) is 23.8. The van der Waals surface area contributed by atoms with Gasteiger partial charge in [0.2, 0.25) is 5.91 Å². The number of benzene rings is 2. The lowest BCUT2D eigenvalue weighted by atomic mass is 10.0. The number of nitrogens with one attached hydrogen (secondary N) is 1. The molecule has 0 saturated heterocycles. The molecule has 0 aliphatic carbocycles. The predicted molar refractivity (Wildman–Crippen MR) is 112 cm³/mol. The fraction of sp³-hybridized carbons (Fsp3) is 0.263. The number of hydrogen-bond donors (Lipinski definition) is 1. The van der Waals surface area contributed by atoms with Crippen LogP contribution in [0.15, 0.2) is 46.8 Å². The Morgan fingerprint density at radius 1 is 1.06 bits per heavy atom. The Balaban J connectivity index is 1.44. The number of amides is 1. The molecule has 2 heterocycles. The Kier molecular flexibility index (Phi) is 6.22. The number of anilines is 1. The molecular weight excluding hydrogens is 492 g/mol. The van der Waals surface area contributed by atoms with Crippen molar-refractivity contribution in [2.75, 3.05) is 5.32 Å². The lowest BCUT2D eigenvalue weighted by molar-refractivity contribution is -0.283. The van der Waals surface area contributed by atoms with Gasteiger partial charge < -0.3 is 5.32 Å². The summed E-state index contributed by atoms with van der Waals surface area (Å²) in [5, 5.41) is 10.3. The number of halogens is 6. The number of carbonyl (C=O) groups is 1. The number of thiazole rings is 1. The molecule has 0 aliphatic rings. The summed E-state index contributed by atoms with van der Waals surface area (Å²) in [4.78, 5) is 16.3. The van der Waals surface area contributed by atoms with Gasteiger partial charge in [-0.15, -0.1) is 16.4 Å². The highest BCUT2D eigenvalue weighted by atomic mass is 32.2. The molecule has 0 saturated carbocycles. The molecule has 0 atom stereocenters. The van der Waals surface area contributed by atoms with Crippen molar-refractivity contribution in [2.24, 2.45) is 5.92 Å². The third-order valence-corrected chi connectivity index (χ3v) is 6.69. The van der Waals surface area contributed by atoms with Gasteiger partial charge in [0.05, 0.1) is 21.6 Å². The Bertz CT molecular complexity index is 1290. The van der Waals surface area contributed by atoms with Crippen molar-refractivity contribution in [3.05, 3.63) is 42.5 Å². The number of carbonyl (C=O) groups excluding carboxylic acids is 1. The molecule has 33 heavy (non-hydrogen) atoms. The summed E-state index contributed by atoms with van der Waals surface area (Å²) in [6.07, 6.45) is -12.9. The molecule has 2 aromatic carbocycles. The fourth-order valence-electron chi connectivity index (χ4n) is 2.99. The maximum atomic E-state index is 12.7. The standard InChI is InChI=1S/C19H13F6N5OS2/c20-18(21,22)15(19(23,24)25)8-16(31)26-10-5-6-12-14(7-10)33-17(27-12)32-9-30-13-4-2-1-3-11(13)28-29-30/h1-7,15H,8-9H2,(H,26,31). The van der Waals surface area contributed by atoms with Crippen LogP contribution in [-0.2, 0) is 10.7 Å². The van der Waals surface area contributed by atoms with Gasteiger partial charge in [-0.25, -0.2) is 9.67 Å². The van der Waals surface area contributed by atoms with Gasteiger partial charge in [-0.1, -0.05) is 29.1 Å². The first-order valence-corrected chi connectivity index (χ1v) is 11.1. The Morgan fingerprint density at radius 3 is 2.52 bits per heavy atom. The lowest BCUT2D eigenvalue weighted by Gasteiger charge is -2.22. The molecule has 4 rings (SSSR count). The van der Waals surface area contributed by atoms with Gasteiger partial charge in [-0.2, -0.15) is 26.3 Å². The van der Waals surface area contributed by atoms with E-state index < -0.39 is 30.6 Å². The number of fused-ring (bicyclic) bond motifs is 2. The summed E-state index contributed by atoms with van der Waals surface area (Å²) in [5.74, 6) is -4.68. The van der Waals surface area contributed by atoms with E-state index in [-0.39, 0.29) is 5.69 Å². The Labute approximate surface area is 190 Å². The van der Waals surface area contributed by atoms with E-state index in [1.54, 1.807) is 4.68 Å². The quantitative estimate of drug-likeness (QED) is 0.263. The minimum absolute atomic E-state index is 0.0815. The van der Waals surface area contributed by atoms with Crippen LogP contribution in [0.2, 0.25) is 0 Å². The van der Waals surface area contributed by atoms with Crippen molar-refractivity contribution < 1.29 is 31.1 Å². The molecule has 1 N–H and O–H groups in total. The highest BCUT2D eigenvalue weighted by molar-refractivity contribution is 8.00. The normalized spacial score (nSPS) is 12.7. The molecule has 0 aliphatic heterocycles. The van der Waals surface area contributed by atoms with Crippen LogP contribution in [-0.4, -0.2) is 38.2 Å². The van der Waals surface area contributed by atoms with E-state index in [1.807, 2.05) is 24.3 Å². The number of thioether (sulfide) groups is 1. The van der Waals surface area contributed by atoms with Crippen LogP contribution < -0.4 is 5.32 Å². The second kappa shape index (κ2) is 8.82. The average Bonchev–Trinajstić information content (AvgIpc) is 3.32. The van der Waals surface area contributed by atoms with Gasteiger partial charge in [0, 0.05) is 12.1 Å². The van der Waals surface area contributed by atoms with Gasteiger partial charge in [-0.05, 0) is 30.3 Å².